The third kappa shape index (κ3) is 3.95. The van der Waals surface area contributed by atoms with Crippen LogP contribution in [0.15, 0.2) is 42.5 Å². The predicted molar refractivity (Wildman–Crippen MR) is 83.5 cm³/mol. The monoisotopic (exact) mass is 287 g/mol. The summed E-state index contributed by atoms with van der Waals surface area (Å²) in [7, 11) is 1.61. The number of amides is 1. The molecular formula is C17H21NO3. The van der Waals surface area contributed by atoms with E-state index in [1.807, 2.05) is 49.4 Å². The van der Waals surface area contributed by atoms with Crippen LogP contribution in [0.2, 0.25) is 0 Å². The Morgan fingerprint density at radius 1 is 1.19 bits per heavy atom. The summed E-state index contributed by atoms with van der Waals surface area (Å²) >= 11 is 0. The molecule has 4 heteroatoms. The van der Waals surface area contributed by atoms with Crippen molar-refractivity contribution in [3.05, 3.63) is 42.5 Å². The second-order valence-electron chi connectivity index (χ2n) is 4.78. The highest BCUT2D eigenvalue weighted by molar-refractivity contribution is 5.89. The minimum atomic E-state index is -0.493. The molecule has 112 valence electrons. The summed E-state index contributed by atoms with van der Waals surface area (Å²) in [6, 6.07) is 13.8. The lowest BCUT2D eigenvalue weighted by Gasteiger charge is -2.18. The van der Waals surface area contributed by atoms with Crippen molar-refractivity contribution in [2.75, 3.05) is 20.3 Å². The topological polar surface area (TPSA) is 47.6 Å². The summed E-state index contributed by atoms with van der Waals surface area (Å²) in [6.45, 7) is 2.92. The molecule has 21 heavy (non-hydrogen) atoms. The first-order valence-electron chi connectivity index (χ1n) is 7.17. The highest BCUT2D eigenvalue weighted by Crippen LogP contribution is 2.26. The van der Waals surface area contributed by atoms with Crippen LogP contribution in [0.3, 0.4) is 0 Å². The highest BCUT2D eigenvalue weighted by Gasteiger charge is 2.18. The van der Waals surface area contributed by atoms with Gasteiger partial charge in [-0.15, -0.1) is 0 Å². The zero-order valence-electron chi connectivity index (χ0n) is 12.5. The Balaban J connectivity index is 2.11. The average molecular weight is 287 g/mol. The number of rotatable bonds is 7. The van der Waals surface area contributed by atoms with E-state index in [0.717, 1.165) is 16.5 Å². The quantitative estimate of drug-likeness (QED) is 0.797. The second-order valence-corrected chi connectivity index (χ2v) is 4.78. The minimum absolute atomic E-state index is 0.109. The molecule has 1 N–H and O–H groups in total. The Kier molecular flexibility index (Phi) is 5.58. The van der Waals surface area contributed by atoms with E-state index < -0.39 is 6.10 Å². The van der Waals surface area contributed by atoms with Gasteiger partial charge in [0.1, 0.15) is 5.75 Å². The van der Waals surface area contributed by atoms with Gasteiger partial charge >= 0.3 is 0 Å². The van der Waals surface area contributed by atoms with Crippen molar-refractivity contribution in [1.29, 1.82) is 0 Å². The molecule has 2 rings (SSSR count). The molecule has 0 aliphatic heterocycles. The van der Waals surface area contributed by atoms with E-state index in [2.05, 4.69) is 5.32 Å². The van der Waals surface area contributed by atoms with E-state index in [4.69, 9.17) is 9.47 Å². The van der Waals surface area contributed by atoms with Crippen LogP contribution in [-0.2, 0) is 9.53 Å². The number of fused-ring (bicyclic) bond motifs is 1. The lowest BCUT2D eigenvalue weighted by Crippen LogP contribution is -2.39. The Bertz CT molecular complexity index is 592. The van der Waals surface area contributed by atoms with Gasteiger partial charge in [0, 0.05) is 19.0 Å². The SMILES string of the molecule is CC[C@@H](Oc1cccc2ccccc12)C(=O)NCCOC. The predicted octanol–water partition coefficient (Wildman–Crippen LogP) is 2.76. The molecule has 0 bridgehead atoms. The van der Waals surface area contributed by atoms with E-state index in [0.29, 0.717) is 19.6 Å². The molecule has 0 aliphatic carbocycles. The molecule has 0 aromatic heterocycles. The molecule has 1 atom stereocenters. The van der Waals surface area contributed by atoms with Gasteiger partial charge in [-0.3, -0.25) is 4.79 Å². The van der Waals surface area contributed by atoms with Gasteiger partial charge < -0.3 is 14.8 Å². The number of ether oxygens (including phenoxy) is 2. The molecule has 0 unspecified atom stereocenters. The van der Waals surface area contributed by atoms with Gasteiger partial charge in [-0.25, -0.2) is 0 Å². The van der Waals surface area contributed by atoms with Crippen LogP contribution in [0.5, 0.6) is 5.75 Å². The summed E-state index contributed by atoms with van der Waals surface area (Å²) < 4.78 is 10.8. The third-order valence-corrected chi connectivity index (χ3v) is 3.29. The van der Waals surface area contributed by atoms with Crippen LogP contribution in [0.25, 0.3) is 10.8 Å². The van der Waals surface area contributed by atoms with Crippen molar-refractivity contribution in [2.24, 2.45) is 0 Å². The molecule has 2 aromatic carbocycles. The molecular weight excluding hydrogens is 266 g/mol. The van der Waals surface area contributed by atoms with Gasteiger partial charge in [0.05, 0.1) is 6.61 Å². The summed E-state index contributed by atoms with van der Waals surface area (Å²) in [4.78, 5) is 12.1. The van der Waals surface area contributed by atoms with Crippen LogP contribution in [0, 0.1) is 0 Å². The van der Waals surface area contributed by atoms with Gasteiger partial charge in [-0.05, 0) is 17.9 Å². The van der Waals surface area contributed by atoms with Crippen molar-refractivity contribution in [1.82, 2.24) is 5.32 Å². The fraction of sp³-hybridized carbons (Fsp3) is 0.353. The zero-order chi connectivity index (χ0) is 15.1. The van der Waals surface area contributed by atoms with E-state index >= 15 is 0 Å². The van der Waals surface area contributed by atoms with Crippen LogP contribution < -0.4 is 10.1 Å². The van der Waals surface area contributed by atoms with Crippen molar-refractivity contribution in [3.63, 3.8) is 0 Å². The molecule has 1 amide bonds. The normalized spacial score (nSPS) is 12.1. The highest BCUT2D eigenvalue weighted by atomic mass is 16.5. The van der Waals surface area contributed by atoms with E-state index in [1.54, 1.807) is 7.11 Å². The largest absolute Gasteiger partial charge is 0.480 e. The van der Waals surface area contributed by atoms with Crippen molar-refractivity contribution in [2.45, 2.75) is 19.4 Å². The van der Waals surface area contributed by atoms with Gasteiger partial charge in [-0.1, -0.05) is 43.3 Å². The van der Waals surface area contributed by atoms with Gasteiger partial charge in [0.15, 0.2) is 6.10 Å². The lowest BCUT2D eigenvalue weighted by molar-refractivity contribution is -0.128. The average Bonchev–Trinajstić information content (AvgIpc) is 2.52. The summed E-state index contributed by atoms with van der Waals surface area (Å²) in [5.74, 6) is 0.629. The fourth-order valence-electron chi connectivity index (χ4n) is 2.16. The van der Waals surface area contributed by atoms with E-state index in [1.165, 1.54) is 0 Å². The fourth-order valence-corrected chi connectivity index (χ4v) is 2.16. The van der Waals surface area contributed by atoms with Gasteiger partial charge in [-0.2, -0.15) is 0 Å². The number of methoxy groups -OCH3 is 1. The smallest absolute Gasteiger partial charge is 0.261 e. The second kappa shape index (κ2) is 7.64. The first-order valence-corrected chi connectivity index (χ1v) is 7.17. The Morgan fingerprint density at radius 2 is 1.95 bits per heavy atom. The molecule has 0 aliphatic rings. The van der Waals surface area contributed by atoms with Crippen molar-refractivity contribution in [3.8, 4) is 5.75 Å². The number of hydrogen-bond donors (Lipinski definition) is 1. The minimum Gasteiger partial charge on any atom is -0.480 e. The Labute approximate surface area is 125 Å². The maximum absolute atomic E-state index is 12.1. The number of hydrogen-bond acceptors (Lipinski definition) is 3. The maximum atomic E-state index is 12.1. The molecule has 0 radical (unpaired) electrons. The first kappa shape index (κ1) is 15.3. The van der Waals surface area contributed by atoms with Gasteiger partial charge in [0.2, 0.25) is 0 Å². The zero-order valence-corrected chi connectivity index (χ0v) is 12.5. The standard InChI is InChI=1S/C17H21NO3/c1-3-15(17(19)18-11-12-20-2)21-16-10-6-8-13-7-4-5-9-14(13)16/h4-10,15H,3,11-12H2,1-2H3,(H,18,19)/t15-/m1/s1. The molecule has 0 fully saturated rings. The number of carbonyl (C=O) groups is 1. The summed E-state index contributed by atoms with van der Waals surface area (Å²) in [5, 5.41) is 4.93. The molecule has 0 saturated carbocycles. The lowest BCUT2D eigenvalue weighted by atomic mass is 10.1. The maximum Gasteiger partial charge on any atom is 0.261 e. The number of benzene rings is 2. The third-order valence-electron chi connectivity index (χ3n) is 3.29. The van der Waals surface area contributed by atoms with Crippen LogP contribution in [-0.4, -0.2) is 32.3 Å². The van der Waals surface area contributed by atoms with Crippen molar-refractivity contribution >= 4 is 16.7 Å². The molecule has 0 saturated heterocycles. The Hall–Kier alpha value is -2.07. The number of carbonyl (C=O) groups excluding carboxylic acids is 1. The van der Waals surface area contributed by atoms with Gasteiger partial charge in [0.25, 0.3) is 5.91 Å². The molecule has 0 spiro atoms. The van der Waals surface area contributed by atoms with Crippen LogP contribution in [0.1, 0.15) is 13.3 Å². The van der Waals surface area contributed by atoms with Crippen LogP contribution >= 0.6 is 0 Å². The summed E-state index contributed by atoms with van der Waals surface area (Å²) in [6.07, 6.45) is 0.120. The first-order chi connectivity index (χ1) is 10.3. The molecule has 2 aromatic rings. The van der Waals surface area contributed by atoms with E-state index in [9.17, 15) is 4.79 Å². The molecule has 0 heterocycles. The number of nitrogens with one attached hydrogen (secondary N) is 1. The van der Waals surface area contributed by atoms with E-state index in [-0.39, 0.29) is 5.91 Å². The summed E-state index contributed by atoms with van der Waals surface area (Å²) in [5.41, 5.74) is 0. The molecule has 4 nitrogen and oxygen atoms in total. The van der Waals surface area contributed by atoms with Crippen LogP contribution in [0.4, 0.5) is 0 Å². The van der Waals surface area contributed by atoms with Crippen molar-refractivity contribution < 1.29 is 14.3 Å². The Morgan fingerprint density at radius 3 is 2.71 bits per heavy atom.